The van der Waals surface area contributed by atoms with Crippen LogP contribution in [0.3, 0.4) is 0 Å². The number of nitrogens with zero attached hydrogens (tertiary/aromatic N) is 3. The number of carbonyl (C=O) groups excluding carboxylic acids is 2. The second-order valence-corrected chi connectivity index (χ2v) is 6.41. The predicted molar refractivity (Wildman–Crippen MR) is 98.5 cm³/mol. The van der Waals surface area contributed by atoms with Crippen molar-refractivity contribution in [2.75, 3.05) is 45.9 Å². The number of hydrogen-bond donors (Lipinski definition) is 1. The molecule has 144 valence electrons. The monoisotopic (exact) mass is 372 g/mol. The lowest BCUT2D eigenvalue weighted by Gasteiger charge is -2.34. The first kappa shape index (κ1) is 18.9. The van der Waals surface area contributed by atoms with E-state index in [0.29, 0.717) is 36.8 Å². The van der Waals surface area contributed by atoms with Gasteiger partial charge in [0, 0.05) is 45.3 Å². The zero-order chi connectivity index (χ0) is 19.1. The van der Waals surface area contributed by atoms with Crippen LogP contribution < -0.4 is 10.1 Å². The fourth-order valence-corrected chi connectivity index (χ4v) is 2.87. The first-order valence-corrected chi connectivity index (χ1v) is 9.01. The van der Waals surface area contributed by atoms with Gasteiger partial charge in [0.25, 0.3) is 11.8 Å². The Balaban J connectivity index is 1.31. The Morgan fingerprint density at radius 2 is 1.93 bits per heavy atom. The third-order valence-corrected chi connectivity index (χ3v) is 4.37. The van der Waals surface area contributed by atoms with Crippen molar-refractivity contribution in [1.82, 2.24) is 20.3 Å². The summed E-state index contributed by atoms with van der Waals surface area (Å²) in [4.78, 5) is 28.2. The van der Waals surface area contributed by atoms with Crippen LogP contribution in [0.4, 0.5) is 0 Å². The average Bonchev–Trinajstić information content (AvgIpc) is 3.13. The van der Waals surface area contributed by atoms with Gasteiger partial charge in [0.1, 0.15) is 11.5 Å². The van der Waals surface area contributed by atoms with Gasteiger partial charge >= 0.3 is 0 Å². The second-order valence-electron chi connectivity index (χ2n) is 6.41. The molecule has 0 aliphatic carbocycles. The molecule has 27 heavy (non-hydrogen) atoms. The molecule has 8 nitrogen and oxygen atoms in total. The van der Waals surface area contributed by atoms with Gasteiger partial charge in [0.05, 0.1) is 0 Å². The highest BCUT2D eigenvalue weighted by atomic mass is 16.5. The van der Waals surface area contributed by atoms with Gasteiger partial charge < -0.3 is 19.5 Å². The van der Waals surface area contributed by atoms with Gasteiger partial charge in [-0.1, -0.05) is 23.4 Å². The third-order valence-electron chi connectivity index (χ3n) is 4.37. The number of aromatic nitrogens is 1. The lowest BCUT2D eigenvalue weighted by molar-refractivity contribution is -0.123. The van der Waals surface area contributed by atoms with E-state index in [9.17, 15) is 9.59 Å². The zero-order valence-corrected chi connectivity index (χ0v) is 15.4. The van der Waals surface area contributed by atoms with Crippen molar-refractivity contribution in [1.29, 1.82) is 0 Å². The molecule has 1 aliphatic rings. The summed E-state index contributed by atoms with van der Waals surface area (Å²) in [6, 6.07) is 10.9. The number of rotatable bonds is 7. The summed E-state index contributed by atoms with van der Waals surface area (Å²) in [7, 11) is 0. The summed E-state index contributed by atoms with van der Waals surface area (Å²) in [5.74, 6) is 1.06. The molecule has 0 radical (unpaired) electrons. The van der Waals surface area contributed by atoms with E-state index in [1.54, 1.807) is 17.9 Å². The molecule has 1 aromatic carbocycles. The molecule has 1 aliphatic heterocycles. The Labute approximate surface area is 158 Å². The molecule has 2 aromatic rings. The first-order valence-electron chi connectivity index (χ1n) is 9.01. The SMILES string of the molecule is Cc1cc(C(=O)N2CCN(CCNC(=O)COc3ccccc3)CC2)no1. The molecule has 0 unspecified atom stereocenters. The van der Waals surface area contributed by atoms with Crippen molar-refractivity contribution in [2.24, 2.45) is 0 Å². The van der Waals surface area contributed by atoms with Gasteiger partial charge in [0.2, 0.25) is 0 Å². The smallest absolute Gasteiger partial charge is 0.276 e. The summed E-state index contributed by atoms with van der Waals surface area (Å²) in [5.41, 5.74) is 0.353. The molecular formula is C19H24N4O4. The van der Waals surface area contributed by atoms with Crippen LogP contribution in [0, 0.1) is 6.92 Å². The molecular weight excluding hydrogens is 348 g/mol. The molecule has 2 heterocycles. The molecule has 3 rings (SSSR count). The number of para-hydroxylation sites is 1. The van der Waals surface area contributed by atoms with Crippen molar-refractivity contribution in [3.63, 3.8) is 0 Å². The second kappa shape index (κ2) is 9.18. The number of aryl methyl sites for hydroxylation is 1. The van der Waals surface area contributed by atoms with E-state index in [1.165, 1.54) is 0 Å². The number of carbonyl (C=O) groups is 2. The van der Waals surface area contributed by atoms with Gasteiger partial charge in [-0.2, -0.15) is 0 Å². The number of benzene rings is 1. The van der Waals surface area contributed by atoms with E-state index in [0.717, 1.165) is 19.6 Å². The van der Waals surface area contributed by atoms with E-state index < -0.39 is 0 Å². The van der Waals surface area contributed by atoms with Crippen LogP contribution in [0.15, 0.2) is 40.9 Å². The van der Waals surface area contributed by atoms with Gasteiger partial charge in [-0.05, 0) is 19.1 Å². The van der Waals surface area contributed by atoms with E-state index in [4.69, 9.17) is 9.26 Å². The number of piperazine rings is 1. The Bertz CT molecular complexity index is 754. The number of nitrogens with one attached hydrogen (secondary N) is 1. The fourth-order valence-electron chi connectivity index (χ4n) is 2.87. The van der Waals surface area contributed by atoms with Crippen molar-refractivity contribution in [3.05, 3.63) is 47.9 Å². The van der Waals surface area contributed by atoms with Crippen LogP contribution in [0.2, 0.25) is 0 Å². The minimum absolute atomic E-state index is 0.00338. The lowest BCUT2D eigenvalue weighted by atomic mass is 10.2. The van der Waals surface area contributed by atoms with Crippen LogP contribution in [0.25, 0.3) is 0 Å². The number of hydrogen-bond acceptors (Lipinski definition) is 6. The molecule has 0 saturated carbocycles. The summed E-state index contributed by atoms with van der Waals surface area (Å²) in [5, 5.41) is 6.63. The Morgan fingerprint density at radius 1 is 1.19 bits per heavy atom. The van der Waals surface area contributed by atoms with Crippen molar-refractivity contribution in [2.45, 2.75) is 6.92 Å². The number of amides is 2. The molecule has 1 fully saturated rings. The van der Waals surface area contributed by atoms with Crippen LogP contribution in [-0.2, 0) is 4.79 Å². The maximum atomic E-state index is 12.3. The Kier molecular flexibility index (Phi) is 6.43. The van der Waals surface area contributed by atoms with Crippen molar-refractivity contribution < 1.29 is 18.8 Å². The summed E-state index contributed by atoms with van der Waals surface area (Å²) in [6.07, 6.45) is 0. The fraction of sp³-hybridized carbons (Fsp3) is 0.421. The van der Waals surface area contributed by atoms with E-state index in [-0.39, 0.29) is 18.4 Å². The highest BCUT2D eigenvalue weighted by Gasteiger charge is 2.24. The van der Waals surface area contributed by atoms with Gasteiger partial charge in [-0.3, -0.25) is 14.5 Å². The maximum Gasteiger partial charge on any atom is 0.276 e. The van der Waals surface area contributed by atoms with Crippen LogP contribution >= 0.6 is 0 Å². The largest absolute Gasteiger partial charge is 0.484 e. The zero-order valence-electron chi connectivity index (χ0n) is 15.4. The summed E-state index contributed by atoms with van der Waals surface area (Å²) < 4.78 is 10.4. The minimum atomic E-state index is -0.144. The van der Waals surface area contributed by atoms with Crippen molar-refractivity contribution >= 4 is 11.8 Å². The Morgan fingerprint density at radius 3 is 2.59 bits per heavy atom. The maximum absolute atomic E-state index is 12.3. The van der Waals surface area contributed by atoms with Gasteiger partial charge in [-0.25, -0.2) is 0 Å². The third kappa shape index (κ3) is 5.55. The van der Waals surface area contributed by atoms with Crippen LogP contribution in [0.5, 0.6) is 5.75 Å². The van der Waals surface area contributed by atoms with Crippen LogP contribution in [0.1, 0.15) is 16.2 Å². The predicted octanol–water partition coefficient (Wildman–Crippen LogP) is 0.936. The van der Waals surface area contributed by atoms with E-state index in [2.05, 4.69) is 15.4 Å². The standard InChI is InChI=1S/C19H24N4O4/c1-15-13-17(21-27-15)19(25)23-11-9-22(10-12-23)8-7-20-18(24)14-26-16-5-3-2-4-6-16/h2-6,13H,7-12,14H2,1H3,(H,20,24). The molecule has 0 atom stereocenters. The number of ether oxygens (including phenoxy) is 1. The Hall–Kier alpha value is -2.87. The summed E-state index contributed by atoms with van der Waals surface area (Å²) in [6.45, 7) is 5.85. The first-order chi connectivity index (χ1) is 13.1. The molecule has 8 heteroatoms. The van der Waals surface area contributed by atoms with Gasteiger partial charge in [0.15, 0.2) is 12.3 Å². The highest BCUT2D eigenvalue weighted by molar-refractivity contribution is 5.92. The quantitative estimate of drug-likeness (QED) is 0.778. The lowest BCUT2D eigenvalue weighted by Crippen LogP contribution is -2.50. The molecule has 1 saturated heterocycles. The molecule has 0 spiro atoms. The molecule has 1 aromatic heterocycles. The highest BCUT2D eigenvalue weighted by Crippen LogP contribution is 2.09. The molecule has 2 amide bonds. The average molecular weight is 372 g/mol. The normalized spacial score (nSPS) is 14.8. The van der Waals surface area contributed by atoms with E-state index >= 15 is 0 Å². The molecule has 1 N–H and O–H groups in total. The van der Waals surface area contributed by atoms with Crippen molar-refractivity contribution in [3.8, 4) is 5.75 Å². The van der Waals surface area contributed by atoms with Crippen LogP contribution in [-0.4, -0.2) is 72.6 Å². The topological polar surface area (TPSA) is 87.9 Å². The van der Waals surface area contributed by atoms with Gasteiger partial charge in [-0.15, -0.1) is 0 Å². The van der Waals surface area contributed by atoms with E-state index in [1.807, 2.05) is 30.3 Å². The minimum Gasteiger partial charge on any atom is -0.484 e. The molecule has 0 bridgehead atoms. The summed E-state index contributed by atoms with van der Waals surface area (Å²) >= 11 is 0.